The molecule has 0 aromatic rings. The maximum Gasteiger partial charge on any atom is 0.0739 e. The number of hydrazine groups is 1. The van der Waals surface area contributed by atoms with Gasteiger partial charge in [-0.05, 0) is 26.7 Å². The van der Waals surface area contributed by atoms with E-state index in [1.165, 1.54) is 0 Å². The highest BCUT2D eigenvalue weighted by atomic mass is 16.5. The Labute approximate surface area is 87.4 Å². The van der Waals surface area contributed by atoms with Gasteiger partial charge < -0.3 is 4.74 Å². The Hall–Kier alpha value is -0.560. The molecule has 0 spiro atoms. The van der Waals surface area contributed by atoms with Crippen molar-refractivity contribution in [3.05, 3.63) is 0 Å². The van der Waals surface area contributed by atoms with Gasteiger partial charge in [0.25, 0.3) is 0 Å². The molecule has 0 saturated heterocycles. The van der Waals surface area contributed by atoms with Crippen LogP contribution >= 0.6 is 0 Å². The van der Waals surface area contributed by atoms with E-state index in [-0.39, 0.29) is 12.1 Å². The number of hydrogen-bond donors (Lipinski definition) is 2. The average Bonchev–Trinajstić information content (AvgIpc) is 2.22. The highest BCUT2D eigenvalue weighted by molar-refractivity contribution is 4.96. The van der Waals surface area contributed by atoms with Gasteiger partial charge in [0.2, 0.25) is 0 Å². The molecule has 0 fully saturated rings. The SMILES string of the molecule is CC#CCCC(NN)C(CC)OCC. The molecule has 14 heavy (non-hydrogen) atoms. The number of nitrogens with two attached hydrogens (primary N) is 1. The van der Waals surface area contributed by atoms with Crippen LogP contribution in [-0.2, 0) is 4.74 Å². The molecule has 0 aliphatic rings. The maximum absolute atomic E-state index is 5.58. The minimum absolute atomic E-state index is 0.198. The largest absolute Gasteiger partial charge is 0.377 e. The molecule has 0 aliphatic carbocycles. The molecule has 0 heterocycles. The minimum Gasteiger partial charge on any atom is -0.377 e. The van der Waals surface area contributed by atoms with E-state index >= 15 is 0 Å². The van der Waals surface area contributed by atoms with Crippen LogP contribution in [0.5, 0.6) is 0 Å². The molecule has 3 nitrogen and oxygen atoms in total. The van der Waals surface area contributed by atoms with Crippen molar-refractivity contribution in [3.63, 3.8) is 0 Å². The lowest BCUT2D eigenvalue weighted by Crippen LogP contribution is -2.44. The summed E-state index contributed by atoms with van der Waals surface area (Å²) >= 11 is 0. The summed E-state index contributed by atoms with van der Waals surface area (Å²) in [4.78, 5) is 0. The van der Waals surface area contributed by atoms with Gasteiger partial charge in [-0.1, -0.05) is 6.92 Å². The zero-order valence-electron chi connectivity index (χ0n) is 9.47. The number of nitrogens with one attached hydrogen (secondary N) is 1. The first-order valence-electron chi connectivity index (χ1n) is 5.27. The molecule has 3 heteroatoms. The molecule has 0 radical (unpaired) electrons. The minimum atomic E-state index is 0.198. The Morgan fingerprint density at radius 3 is 2.57 bits per heavy atom. The summed E-state index contributed by atoms with van der Waals surface area (Å²) in [5.74, 6) is 11.4. The van der Waals surface area contributed by atoms with Crippen molar-refractivity contribution < 1.29 is 4.74 Å². The van der Waals surface area contributed by atoms with Crippen molar-refractivity contribution in [1.29, 1.82) is 0 Å². The Morgan fingerprint density at radius 1 is 1.43 bits per heavy atom. The van der Waals surface area contributed by atoms with E-state index in [1.54, 1.807) is 0 Å². The highest BCUT2D eigenvalue weighted by Crippen LogP contribution is 2.09. The molecule has 2 unspecified atom stereocenters. The topological polar surface area (TPSA) is 47.3 Å². The summed E-state index contributed by atoms with van der Waals surface area (Å²) in [5.41, 5.74) is 2.80. The van der Waals surface area contributed by atoms with Crippen molar-refractivity contribution in [2.24, 2.45) is 5.84 Å². The smallest absolute Gasteiger partial charge is 0.0739 e. The summed E-state index contributed by atoms with van der Waals surface area (Å²) < 4.78 is 5.58. The van der Waals surface area contributed by atoms with Crippen LogP contribution in [0.15, 0.2) is 0 Å². The van der Waals surface area contributed by atoms with Crippen LogP contribution in [-0.4, -0.2) is 18.8 Å². The molecule has 0 amide bonds. The maximum atomic E-state index is 5.58. The second kappa shape index (κ2) is 9.01. The van der Waals surface area contributed by atoms with E-state index in [9.17, 15) is 0 Å². The van der Waals surface area contributed by atoms with Crippen LogP contribution in [0, 0.1) is 11.8 Å². The average molecular weight is 198 g/mol. The van der Waals surface area contributed by atoms with Crippen LogP contribution < -0.4 is 11.3 Å². The fourth-order valence-corrected chi connectivity index (χ4v) is 1.46. The molecule has 0 saturated carbocycles. The van der Waals surface area contributed by atoms with Crippen LogP contribution in [0.2, 0.25) is 0 Å². The second-order valence-corrected chi connectivity index (χ2v) is 3.14. The second-order valence-electron chi connectivity index (χ2n) is 3.14. The fourth-order valence-electron chi connectivity index (χ4n) is 1.46. The summed E-state index contributed by atoms with van der Waals surface area (Å²) in [5, 5.41) is 0. The monoisotopic (exact) mass is 198 g/mol. The van der Waals surface area contributed by atoms with Gasteiger partial charge in [0.15, 0.2) is 0 Å². The third-order valence-corrected chi connectivity index (χ3v) is 2.20. The summed E-state index contributed by atoms with van der Waals surface area (Å²) in [6.07, 6.45) is 2.98. The van der Waals surface area contributed by atoms with Crippen LogP contribution in [0.1, 0.15) is 40.0 Å². The fraction of sp³-hybridized carbons (Fsp3) is 0.818. The third kappa shape index (κ3) is 5.23. The number of hydrogen-bond acceptors (Lipinski definition) is 3. The molecule has 0 aromatic carbocycles. The van der Waals surface area contributed by atoms with Gasteiger partial charge in [0.05, 0.1) is 6.10 Å². The first kappa shape index (κ1) is 13.4. The summed E-state index contributed by atoms with van der Waals surface area (Å²) in [6, 6.07) is 0.209. The van der Waals surface area contributed by atoms with E-state index in [0.717, 1.165) is 25.9 Å². The Balaban J connectivity index is 3.97. The molecular weight excluding hydrogens is 176 g/mol. The molecule has 3 N–H and O–H groups in total. The van der Waals surface area contributed by atoms with Gasteiger partial charge in [-0.25, -0.2) is 0 Å². The normalized spacial score (nSPS) is 14.3. The van der Waals surface area contributed by atoms with Crippen LogP contribution in [0.25, 0.3) is 0 Å². The zero-order valence-corrected chi connectivity index (χ0v) is 9.47. The predicted molar refractivity (Wildman–Crippen MR) is 59.5 cm³/mol. The summed E-state index contributed by atoms with van der Waals surface area (Å²) in [7, 11) is 0. The lowest BCUT2D eigenvalue weighted by molar-refractivity contribution is 0.0300. The van der Waals surface area contributed by atoms with Crippen molar-refractivity contribution in [2.45, 2.75) is 52.2 Å². The molecule has 82 valence electrons. The standard InChI is InChI=1S/C11H22N2O/c1-4-7-8-9-10(13-12)11(5-2)14-6-3/h10-11,13H,5-6,8-9,12H2,1-3H3. The lowest BCUT2D eigenvalue weighted by Gasteiger charge is -2.24. The van der Waals surface area contributed by atoms with Crippen molar-refractivity contribution in [2.75, 3.05) is 6.61 Å². The highest BCUT2D eigenvalue weighted by Gasteiger charge is 2.17. The van der Waals surface area contributed by atoms with Gasteiger partial charge in [-0.15, -0.1) is 11.8 Å². The Morgan fingerprint density at radius 2 is 2.14 bits per heavy atom. The molecular formula is C11H22N2O. The van der Waals surface area contributed by atoms with Crippen molar-refractivity contribution in [1.82, 2.24) is 5.43 Å². The molecule has 0 aliphatic heterocycles. The molecule has 0 rings (SSSR count). The molecule has 0 bridgehead atoms. The first-order chi connectivity index (χ1) is 6.79. The Bertz CT molecular complexity index is 183. The summed E-state index contributed by atoms with van der Waals surface area (Å²) in [6.45, 7) is 6.69. The predicted octanol–water partition coefficient (Wildman–Crippen LogP) is 1.44. The number of ether oxygens (including phenoxy) is 1. The van der Waals surface area contributed by atoms with E-state index < -0.39 is 0 Å². The van der Waals surface area contributed by atoms with E-state index in [0.29, 0.717) is 0 Å². The zero-order chi connectivity index (χ0) is 10.8. The van der Waals surface area contributed by atoms with E-state index in [2.05, 4.69) is 24.2 Å². The van der Waals surface area contributed by atoms with Gasteiger partial charge in [0, 0.05) is 19.1 Å². The van der Waals surface area contributed by atoms with Crippen molar-refractivity contribution >= 4 is 0 Å². The van der Waals surface area contributed by atoms with E-state index in [1.807, 2.05) is 13.8 Å². The van der Waals surface area contributed by atoms with Crippen LogP contribution in [0.3, 0.4) is 0 Å². The van der Waals surface area contributed by atoms with E-state index in [4.69, 9.17) is 10.6 Å². The number of rotatable bonds is 7. The van der Waals surface area contributed by atoms with Gasteiger partial charge in [0.1, 0.15) is 0 Å². The van der Waals surface area contributed by atoms with Crippen LogP contribution in [0.4, 0.5) is 0 Å². The molecule has 0 aromatic heterocycles. The van der Waals surface area contributed by atoms with Gasteiger partial charge in [-0.2, -0.15) is 0 Å². The first-order valence-corrected chi connectivity index (χ1v) is 5.27. The lowest BCUT2D eigenvalue weighted by atomic mass is 10.0. The van der Waals surface area contributed by atoms with Gasteiger partial charge in [-0.3, -0.25) is 11.3 Å². The third-order valence-electron chi connectivity index (χ3n) is 2.20. The quantitative estimate of drug-likeness (QED) is 0.370. The van der Waals surface area contributed by atoms with Crippen molar-refractivity contribution in [3.8, 4) is 11.8 Å². The Kier molecular flexibility index (Phi) is 8.65. The molecule has 2 atom stereocenters. The van der Waals surface area contributed by atoms with Gasteiger partial charge >= 0.3 is 0 Å².